The maximum Gasteiger partial charge on any atom is 0.156 e. The van der Waals surface area contributed by atoms with E-state index < -0.39 is 0 Å². The topological polar surface area (TPSA) is 90.9 Å². The molecule has 0 spiro atoms. The summed E-state index contributed by atoms with van der Waals surface area (Å²) in [6.07, 6.45) is 2.66. The van der Waals surface area contributed by atoms with E-state index in [1.54, 1.807) is 0 Å². The van der Waals surface area contributed by atoms with Gasteiger partial charge in [0.2, 0.25) is 0 Å². The van der Waals surface area contributed by atoms with Gasteiger partial charge in [0.05, 0.1) is 12.1 Å². The number of hydrogen-bond acceptors (Lipinski definition) is 4. The lowest BCUT2D eigenvalue weighted by molar-refractivity contribution is 0.177. The van der Waals surface area contributed by atoms with Crippen molar-refractivity contribution in [1.29, 1.82) is 0 Å². The quantitative estimate of drug-likeness (QED) is 0.221. The van der Waals surface area contributed by atoms with Crippen LogP contribution in [-0.2, 0) is 0 Å². The highest BCUT2D eigenvalue weighted by Gasteiger charge is 2.23. The summed E-state index contributed by atoms with van der Waals surface area (Å²) in [7, 11) is 0. The fraction of sp³-hybridized carbons (Fsp3) is 0.889. The van der Waals surface area contributed by atoms with Crippen LogP contribution < -0.4 is 11.1 Å². The van der Waals surface area contributed by atoms with Crippen LogP contribution in [0.1, 0.15) is 26.2 Å². The number of rotatable bonds is 4. The van der Waals surface area contributed by atoms with E-state index in [2.05, 4.69) is 10.5 Å². The molecule has 0 aromatic heterocycles. The van der Waals surface area contributed by atoms with Gasteiger partial charge in [0.25, 0.3) is 0 Å². The minimum Gasteiger partial charge on any atom is -0.409 e. The molecule has 1 fully saturated rings. The zero-order valence-electron chi connectivity index (χ0n) is 8.48. The molecule has 0 aromatic carbocycles. The summed E-state index contributed by atoms with van der Waals surface area (Å²) in [6, 6.07) is -0.113. The van der Waals surface area contributed by atoms with Gasteiger partial charge in [0.15, 0.2) is 5.84 Å². The number of hydrogen-bond donors (Lipinski definition) is 4. The lowest BCUT2D eigenvalue weighted by Crippen LogP contribution is -2.41. The zero-order chi connectivity index (χ0) is 10.6. The summed E-state index contributed by atoms with van der Waals surface area (Å²) in [6.45, 7) is 2.66. The van der Waals surface area contributed by atoms with Gasteiger partial charge in [-0.2, -0.15) is 0 Å². The van der Waals surface area contributed by atoms with Gasteiger partial charge in [0.1, 0.15) is 0 Å². The maximum atomic E-state index is 9.30. The van der Waals surface area contributed by atoms with Crippen LogP contribution >= 0.6 is 0 Å². The smallest absolute Gasteiger partial charge is 0.156 e. The van der Waals surface area contributed by atoms with Gasteiger partial charge in [-0.15, -0.1) is 0 Å². The van der Waals surface area contributed by atoms with Crippen molar-refractivity contribution in [2.75, 3.05) is 6.54 Å². The summed E-state index contributed by atoms with van der Waals surface area (Å²) < 4.78 is 0. The van der Waals surface area contributed by atoms with Crippen molar-refractivity contribution < 1.29 is 10.3 Å². The van der Waals surface area contributed by atoms with Crippen molar-refractivity contribution >= 4 is 5.84 Å². The molecule has 1 aliphatic rings. The Kier molecular flexibility index (Phi) is 4.16. The number of nitrogens with one attached hydrogen (secondary N) is 1. The molecule has 0 bridgehead atoms. The van der Waals surface area contributed by atoms with Gasteiger partial charge in [-0.25, -0.2) is 0 Å². The zero-order valence-corrected chi connectivity index (χ0v) is 8.48. The van der Waals surface area contributed by atoms with E-state index in [0.717, 1.165) is 25.8 Å². The molecule has 3 unspecified atom stereocenters. The normalized spacial score (nSPS) is 30.6. The van der Waals surface area contributed by atoms with Crippen LogP contribution in [0.4, 0.5) is 0 Å². The van der Waals surface area contributed by atoms with Crippen LogP contribution in [0.3, 0.4) is 0 Å². The molecule has 14 heavy (non-hydrogen) atoms. The van der Waals surface area contributed by atoms with Crippen molar-refractivity contribution in [2.45, 2.75) is 38.3 Å². The second-order valence-corrected chi connectivity index (χ2v) is 3.99. The van der Waals surface area contributed by atoms with Gasteiger partial charge in [0, 0.05) is 0 Å². The Morgan fingerprint density at radius 3 is 2.86 bits per heavy atom. The van der Waals surface area contributed by atoms with E-state index >= 15 is 0 Å². The Balaban J connectivity index is 2.20. The average Bonchev–Trinajstić information content (AvgIpc) is 2.59. The Labute approximate surface area is 84.0 Å². The first-order chi connectivity index (χ1) is 6.63. The Morgan fingerprint density at radius 2 is 2.36 bits per heavy atom. The van der Waals surface area contributed by atoms with E-state index in [4.69, 9.17) is 10.9 Å². The third kappa shape index (κ3) is 3.16. The first-order valence-corrected chi connectivity index (χ1v) is 5.02. The van der Waals surface area contributed by atoms with Gasteiger partial charge in [-0.05, 0) is 38.6 Å². The lowest BCUT2D eigenvalue weighted by Gasteiger charge is -2.15. The molecule has 0 radical (unpaired) electrons. The molecule has 0 aliphatic heterocycles. The van der Waals surface area contributed by atoms with Crippen molar-refractivity contribution in [3.05, 3.63) is 0 Å². The molecular weight excluding hydrogens is 182 g/mol. The van der Waals surface area contributed by atoms with Crippen LogP contribution in [0.15, 0.2) is 5.16 Å². The predicted molar refractivity (Wildman–Crippen MR) is 54.2 cm³/mol. The van der Waals surface area contributed by atoms with Crippen LogP contribution in [-0.4, -0.2) is 34.8 Å². The Bertz CT molecular complexity index is 208. The Hall–Kier alpha value is -0.810. The van der Waals surface area contributed by atoms with E-state index in [0.29, 0.717) is 5.92 Å². The molecule has 0 aromatic rings. The Morgan fingerprint density at radius 1 is 1.64 bits per heavy atom. The molecule has 5 heteroatoms. The molecule has 82 valence electrons. The number of oxime groups is 1. The number of nitrogens with two attached hydrogens (primary N) is 1. The van der Waals surface area contributed by atoms with E-state index in [9.17, 15) is 5.11 Å². The summed E-state index contributed by atoms with van der Waals surface area (Å²) >= 11 is 0. The second kappa shape index (κ2) is 5.17. The first-order valence-electron chi connectivity index (χ1n) is 5.02. The van der Waals surface area contributed by atoms with Crippen LogP contribution in [0.2, 0.25) is 0 Å². The highest BCUT2D eigenvalue weighted by Crippen LogP contribution is 2.24. The molecule has 0 amide bonds. The van der Waals surface area contributed by atoms with E-state index in [-0.39, 0.29) is 18.0 Å². The highest BCUT2D eigenvalue weighted by molar-refractivity contribution is 5.84. The molecule has 5 nitrogen and oxygen atoms in total. The fourth-order valence-electron chi connectivity index (χ4n) is 1.77. The van der Waals surface area contributed by atoms with E-state index in [1.165, 1.54) is 0 Å². The highest BCUT2D eigenvalue weighted by atomic mass is 16.4. The standard InChI is InChI=1S/C9H19N3O2/c1-6(9(10)12-14)11-5-7-2-3-8(13)4-7/h6-8,11,13-14H,2-5H2,1H3,(H2,10,12). The lowest BCUT2D eigenvalue weighted by atomic mass is 10.1. The molecule has 0 saturated heterocycles. The van der Waals surface area contributed by atoms with Gasteiger partial charge < -0.3 is 21.4 Å². The third-order valence-corrected chi connectivity index (χ3v) is 2.79. The van der Waals surface area contributed by atoms with Crippen LogP contribution in [0.5, 0.6) is 0 Å². The second-order valence-electron chi connectivity index (χ2n) is 3.99. The van der Waals surface area contributed by atoms with Gasteiger partial charge in [-0.3, -0.25) is 0 Å². The van der Waals surface area contributed by atoms with Crippen molar-refractivity contribution in [3.63, 3.8) is 0 Å². The van der Waals surface area contributed by atoms with E-state index in [1.807, 2.05) is 6.92 Å². The number of aliphatic hydroxyl groups is 1. The van der Waals surface area contributed by atoms with Gasteiger partial charge >= 0.3 is 0 Å². The van der Waals surface area contributed by atoms with Crippen molar-refractivity contribution in [1.82, 2.24) is 5.32 Å². The third-order valence-electron chi connectivity index (χ3n) is 2.79. The van der Waals surface area contributed by atoms with Crippen molar-refractivity contribution in [3.8, 4) is 0 Å². The average molecular weight is 201 g/mol. The maximum absolute atomic E-state index is 9.30. The van der Waals surface area contributed by atoms with Gasteiger partial charge in [-0.1, -0.05) is 5.16 Å². The summed E-state index contributed by atoms with van der Waals surface area (Å²) in [5.41, 5.74) is 5.42. The summed E-state index contributed by atoms with van der Waals surface area (Å²) in [4.78, 5) is 0. The van der Waals surface area contributed by atoms with Crippen LogP contribution in [0, 0.1) is 5.92 Å². The number of nitrogens with zero attached hydrogens (tertiary/aromatic N) is 1. The summed E-state index contributed by atoms with van der Waals surface area (Å²) in [5.74, 6) is 0.711. The predicted octanol–water partition coefficient (Wildman–Crippen LogP) is -0.128. The molecule has 5 N–H and O–H groups in total. The molecule has 1 rings (SSSR count). The number of amidine groups is 1. The minimum absolute atomic E-state index is 0.113. The fourth-order valence-corrected chi connectivity index (χ4v) is 1.77. The SMILES string of the molecule is CC(NCC1CCC(O)C1)C(N)=NO. The monoisotopic (exact) mass is 201 g/mol. The first kappa shape index (κ1) is 11.3. The minimum atomic E-state index is -0.138. The molecule has 0 heterocycles. The summed E-state index contributed by atoms with van der Waals surface area (Å²) in [5, 5.41) is 23.8. The molecule has 1 saturated carbocycles. The van der Waals surface area contributed by atoms with Crippen LogP contribution in [0.25, 0.3) is 0 Å². The molecular formula is C9H19N3O2. The largest absolute Gasteiger partial charge is 0.409 e. The molecule has 1 aliphatic carbocycles. The number of aliphatic hydroxyl groups excluding tert-OH is 1. The molecule has 3 atom stereocenters. The van der Waals surface area contributed by atoms with Crippen molar-refractivity contribution in [2.24, 2.45) is 16.8 Å².